The number of nitrogens with one attached hydrogen (secondary N) is 1. The SMILES string of the molecule is COc1cccc(CCN(CCC(=O)NC(C)C)S(C)(=O)=O)c1. The van der Waals surface area contributed by atoms with E-state index in [0.717, 1.165) is 11.3 Å². The second-order valence-corrected chi connectivity index (χ2v) is 7.72. The Bertz CT molecular complexity index is 614. The Balaban J connectivity index is 2.63. The molecular formula is C16H26N2O4S. The molecule has 0 bridgehead atoms. The van der Waals surface area contributed by atoms with Gasteiger partial charge in [-0.25, -0.2) is 12.7 Å². The van der Waals surface area contributed by atoms with Crippen molar-refractivity contribution in [2.24, 2.45) is 0 Å². The topological polar surface area (TPSA) is 75.7 Å². The van der Waals surface area contributed by atoms with Crippen molar-refractivity contribution in [1.29, 1.82) is 0 Å². The minimum Gasteiger partial charge on any atom is -0.497 e. The summed E-state index contributed by atoms with van der Waals surface area (Å²) in [6.45, 7) is 4.26. The summed E-state index contributed by atoms with van der Waals surface area (Å²) in [5, 5.41) is 2.76. The lowest BCUT2D eigenvalue weighted by Crippen LogP contribution is -2.37. The van der Waals surface area contributed by atoms with Crippen LogP contribution in [0.4, 0.5) is 0 Å². The number of ether oxygens (including phenoxy) is 1. The lowest BCUT2D eigenvalue weighted by Gasteiger charge is -2.20. The fourth-order valence-corrected chi connectivity index (χ4v) is 2.99. The zero-order valence-corrected chi connectivity index (χ0v) is 15.0. The molecule has 1 N–H and O–H groups in total. The average molecular weight is 342 g/mol. The Morgan fingerprint density at radius 3 is 2.57 bits per heavy atom. The Hall–Kier alpha value is -1.60. The fourth-order valence-electron chi connectivity index (χ4n) is 2.15. The van der Waals surface area contributed by atoms with E-state index in [4.69, 9.17) is 4.74 Å². The van der Waals surface area contributed by atoms with Crippen LogP contribution in [0.2, 0.25) is 0 Å². The number of carbonyl (C=O) groups excluding carboxylic acids is 1. The number of sulfonamides is 1. The summed E-state index contributed by atoms with van der Waals surface area (Å²) < 4.78 is 30.3. The number of nitrogens with zero attached hydrogens (tertiary/aromatic N) is 1. The van der Waals surface area contributed by atoms with E-state index in [1.807, 2.05) is 38.1 Å². The van der Waals surface area contributed by atoms with Crippen molar-refractivity contribution in [2.45, 2.75) is 32.7 Å². The van der Waals surface area contributed by atoms with Gasteiger partial charge in [-0.05, 0) is 38.0 Å². The van der Waals surface area contributed by atoms with Crippen molar-refractivity contribution in [3.8, 4) is 5.75 Å². The first-order valence-corrected chi connectivity index (χ1v) is 9.44. The number of hydrogen-bond donors (Lipinski definition) is 1. The summed E-state index contributed by atoms with van der Waals surface area (Å²) in [5.41, 5.74) is 0.990. The van der Waals surface area contributed by atoms with Gasteiger partial charge in [0, 0.05) is 25.6 Å². The van der Waals surface area contributed by atoms with Crippen LogP contribution in [0.5, 0.6) is 5.75 Å². The van der Waals surface area contributed by atoms with E-state index >= 15 is 0 Å². The zero-order valence-electron chi connectivity index (χ0n) is 14.2. The average Bonchev–Trinajstić information content (AvgIpc) is 2.45. The molecule has 130 valence electrons. The van der Waals surface area contributed by atoms with Crippen LogP contribution in [-0.2, 0) is 21.2 Å². The Labute approximate surface area is 138 Å². The summed E-state index contributed by atoms with van der Waals surface area (Å²) >= 11 is 0. The van der Waals surface area contributed by atoms with Crippen LogP contribution in [0, 0.1) is 0 Å². The van der Waals surface area contributed by atoms with Crippen molar-refractivity contribution < 1.29 is 17.9 Å². The van der Waals surface area contributed by atoms with Crippen LogP contribution in [0.3, 0.4) is 0 Å². The molecule has 0 spiro atoms. The number of amides is 1. The van der Waals surface area contributed by atoms with Gasteiger partial charge in [0.2, 0.25) is 15.9 Å². The van der Waals surface area contributed by atoms with Gasteiger partial charge < -0.3 is 10.1 Å². The van der Waals surface area contributed by atoms with Crippen LogP contribution in [0.15, 0.2) is 24.3 Å². The molecule has 0 aliphatic rings. The zero-order chi connectivity index (χ0) is 17.5. The standard InChI is InChI=1S/C16H26N2O4S/c1-13(2)17-16(19)9-11-18(23(4,20)21)10-8-14-6-5-7-15(12-14)22-3/h5-7,12-13H,8-11H2,1-4H3,(H,17,19). The third kappa shape index (κ3) is 7.47. The summed E-state index contributed by atoms with van der Waals surface area (Å²) in [7, 11) is -1.76. The van der Waals surface area contributed by atoms with Gasteiger partial charge in [-0.15, -0.1) is 0 Å². The van der Waals surface area contributed by atoms with Crippen LogP contribution in [0.25, 0.3) is 0 Å². The van der Waals surface area contributed by atoms with Crippen molar-refractivity contribution in [1.82, 2.24) is 9.62 Å². The van der Waals surface area contributed by atoms with E-state index in [9.17, 15) is 13.2 Å². The van der Waals surface area contributed by atoms with Gasteiger partial charge in [0.1, 0.15) is 5.75 Å². The predicted molar refractivity (Wildman–Crippen MR) is 91.0 cm³/mol. The molecule has 0 atom stereocenters. The van der Waals surface area contributed by atoms with Crippen molar-refractivity contribution in [3.63, 3.8) is 0 Å². The number of rotatable bonds is 9. The van der Waals surface area contributed by atoms with Gasteiger partial charge >= 0.3 is 0 Å². The maximum atomic E-state index is 11.9. The Morgan fingerprint density at radius 2 is 2.00 bits per heavy atom. The highest BCUT2D eigenvalue weighted by atomic mass is 32.2. The van der Waals surface area contributed by atoms with Crippen LogP contribution in [-0.4, -0.2) is 51.1 Å². The molecule has 0 saturated heterocycles. The first kappa shape index (κ1) is 19.4. The lowest BCUT2D eigenvalue weighted by molar-refractivity contribution is -0.121. The highest BCUT2D eigenvalue weighted by Crippen LogP contribution is 2.14. The molecule has 0 aliphatic carbocycles. The van der Waals surface area contributed by atoms with E-state index in [-0.39, 0.29) is 24.9 Å². The van der Waals surface area contributed by atoms with Crippen LogP contribution < -0.4 is 10.1 Å². The van der Waals surface area contributed by atoms with E-state index < -0.39 is 10.0 Å². The number of hydrogen-bond acceptors (Lipinski definition) is 4. The van der Waals surface area contributed by atoms with E-state index in [1.165, 1.54) is 10.6 Å². The minimum absolute atomic E-state index is 0.0472. The maximum Gasteiger partial charge on any atom is 0.221 e. The van der Waals surface area contributed by atoms with Gasteiger partial charge in [0.05, 0.1) is 13.4 Å². The van der Waals surface area contributed by atoms with Crippen LogP contribution >= 0.6 is 0 Å². The van der Waals surface area contributed by atoms with Gasteiger partial charge in [0.15, 0.2) is 0 Å². The van der Waals surface area contributed by atoms with Gasteiger partial charge in [-0.3, -0.25) is 4.79 Å². The molecule has 6 nitrogen and oxygen atoms in total. The van der Waals surface area contributed by atoms with Crippen molar-refractivity contribution in [2.75, 3.05) is 26.5 Å². The molecular weight excluding hydrogens is 316 g/mol. The monoisotopic (exact) mass is 342 g/mol. The minimum atomic E-state index is -3.35. The highest BCUT2D eigenvalue weighted by molar-refractivity contribution is 7.88. The van der Waals surface area contributed by atoms with E-state index in [1.54, 1.807) is 7.11 Å². The van der Waals surface area contributed by atoms with Crippen LogP contribution in [0.1, 0.15) is 25.8 Å². The number of carbonyl (C=O) groups is 1. The predicted octanol–water partition coefficient (Wildman–Crippen LogP) is 1.41. The summed E-state index contributed by atoms with van der Waals surface area (Å²) in [6, 6.07) is 7.56. The van der Waals surface area contributed by atoms with Crippen molar-refractivity contribution >= 4 is 15.9 Å². The molecule has 0 unspecified atom stereocenters. The first-order chi connectivity index (χ1) is 10.7. The molecule has 0 fully saturated rings. The van der Waals surface area contributed by atoms with Gasteiger partial charge in [-0.2, -0.15) is 0 Å². The molecule has 1 amide bonds. The molecule has 1 rings (SSSR count). The van der Waals surface area contributed by atoms with Crippen molar-refractivity contribution in [3.05, 3.63) is 29.8 Å². The highest BCUT2D eigenvalue weighted by Gasteiger charge is 2.18. The first-order valence-electron chi connectivity index (χ1n) is 7.59. The number of methoxy groups -OCH3 is 1. The molecule has 0 saturated carbocycles. The summed E-state index contributed by atoms with van der Waals surface area (Å²) in [6.07, 6.45) is 1.89. The molecule has 1 aromatic rings. The van der Waals surface area contributed by atoms with E-state index in [0.29, 0.717) is 13.0 Å². The second-order valence-electron chi connectivity index (χ2n) is 5.74. The summed E-state index contributed by atoms with van der Waals surface area (Å²) in [5.74, 6) is 0.597. The maximum absolute atomic E-state index is 11.9. The smallest absolute Gasteiger partial charge is 0.221 e. The molecule has 0 aromatic heterocycles. The molecule has 0 radical (unpaired) electrons. The third-order valence-electron chi connectivity index (χ3n) is 3.29. The fraction of sp³-hybridized carbons (Fsp3) is 0.562. The Morgan fingerprint density at radius 1 is 1.30 bits per heavy atom. The lowest BCUT2D eigenvalue weighted by atomic mass is 10.1. The van der Waals surface area contributed by atoms with Gasteiger partial charge in [0.25, 0.3) is 0 Å². The second kappa shape index (κ2) is 8.88. The molecule has 7 heteroatoms. The molecule has 0 aliphatic heterocycles. The molecule has 1 aromatic carbocycles. The normalized spacial score (nSPS) is 11.7. The molecule has 23 heavy (non-hydrogen) atoms. The molecule has 0 heterocycles. The number of benzene rings is 1. The quantitative estimate of drug-likeness (QED) is 0.736. The third-order valence-corrected chi connectivity index (χ3v) is 4.59. The van der Waals surface area contributed by atoms with Gasteiger partial charge in [-0.1, -0.05) is 12.1 Å². The summed E-state index contributed by atoms with van der Waals surface area (Å²) in [4.78, 5) is 11.7. The van der Waals surface area contributed by atoms with E-state index in [2.05, 4.69) is 5.32 Å². The largest absolute Gasteiger partial charge is 0.497 e. The Kier molecular flexibility index (Phi) is 7.51.